The second kappa shape index (κ2) is 4.50. The van der Waals surface area contributed by atoms with Crippen molar-refractivity contribution in [1.82, 2.24) is 0 Å². The molecule has 0 radical (unpaired) electrons. The molecule has 13 heavy (non-hydrogen) atoms. The number of hydrogen-bond acceptors (Lipinski definition) is 1. The van der Waals surface area contributed by atoms with Gasteiger partial charge in [0.15, 0.2) is 5.96 Å². The molecule has 0 saturated carbocycles. The van der Waals surface area contributed by atoms with Crippen LogP contribution in [-0.2, 0) is 0 Å². The van der Waals surface area contributed by atoms with Crippen molar-refractivity contribution in [1.29, 1.82) is 0 Å². The number of anilines is 1. The molecule has 1 aromatic rings. The van der Waals surface area contributed by atoms with Crippen molar-refractivity contribution in [3.63, 3.8) is 0 Å². The molecule has 3 heteroatoms. The van der Waals surface area contributed by atoms with E-state index in [1.807, 2.05) is 49.2 Å². The van der Waals surface area contributed by atoms with Gasteiger partial charge in [0.25, 0.3) is 0 Å². The molecule has 0 atom stereocenters. The lowest BCUT2D eigenvalue weighted by atomic mass is 10.3. The normalized spacial score (nSPS) is 11.4. The van der Waals surface area contributed by atoms with Crippen LogP contribution >= 0.6 is 0 Å². The lowest BCUT2D eigenvalue weighted by Crippen LogP contribution is -2.33. The first-order chi connectivity index (χ1) is 6.25. The number of hydrogen-bond donors (Lipinski definition) is 1. The third-order valence-corrected chi connectivity index (χ3v) is 1.81. The second-order valence-electron chi connectivity index (χ2n) is 2.73. The Kier molecular flexibility index (Phi) is 3.31. The molecular formula is C10H15N3. The third kappa shape index (κ3) is 2.47. The Balaban J connectivity index is 2.79. The summed E-state index contributed by atoms with van der Waals surface area (Å²) in [4.78, 5) is 5.99. The molecular weight excluding hydrogens is 162 g/mol. The molecule has 2 N–H and O–H groups in total. The van der Waals surface area contributed by atoms with Crippen molar-refractivity contribution in [2.75, 3.05) is 18.5 Å². The molecule has 3 nitrogen and oxygen atoms in total. The van der Waals surface area contributed by atoms with Crippen LogP contribution in [0.15, 0.2) is 35.3 Å². The maximum atomic E-state index is 5.74. The van der Waals surface area contributed by atoms with Gasteiger partial charge in [0.1, 0.15) is 0 Å². The quantitative estimate of drug-likeness (QED) is 0.549. The zero-order valence-electron chi connectivity index (χ0n) is 8.07. The lowest BCUT2D eigenvalue weighted by molar-refractivity contribution is 1.09. The van der Waals surface area contributed by atoms with Crippen LogP contribution in [0.3, 0.4) is 0 Å². The minimum absolute atomic E-state index is 0.550. The molecule has 70 valence electrons. The van der Waals surface area contributed by atoms with Gasteiger partial charge in [-0.3, -0.25) is 4.99 Å². The summed E-state index contributed by atoms with van der Waals surface area (Å²) in [5.74, 6) is 0.550. The predicted octanol–water partition coefficient (Wildman–Crippen LogP) is 1.46. The molecule has 0 aliphatic carbocycles. The number of para-hydroxylation sites is 1. The first-order valence-electron chi connectivity index (χ1n) is 4.34. The van der Waals surface area contributed by atoms with Gasteiger partial charge in [0, 0.05) is 19.3 Å². The number of rotatable bonds is 2. The van der Waals surface area contributed by atoms with Crippen molar-refractivity contribution in [3.8, 4) is 0 Å². The zero-order valence-corrected chi connectivity index (χ0v) is 8.07. The topological polar surface area (TPSA) is 41.6 Å². The smallest absolute Gasteiger partial charge is 0.195 e. The standard InChI is InChI=1S/C10H15N3/c1-3-12-10(11)13(2)9-7-5-4-6-8-9/h4-8H,3H2,1-2H3,(H2,11,12). The molecule has 0 fully saturated rings. The van der Waals surface area contributed by atoms with Gasteiger partial charge in [-0.2, -0.15) is 0 Å². The third-order valence-electron chi connectivity index (χ3n) is 1.81. The molecule has 0 amide bonds. The van der Waals surface area contributed by atoms with E-state index in [4.69, 9.17) is 5.73 Å². The molecule has 0 aliphatic rings. The fourth-order valence-electron chi connectivity index (χ4n) is 1.05. The Morgan fingerprint density at radius 3 is 2.54 bits per heavy atom. The summed E-state index contributed by atoms with van der Waals surface area (Å²) < 4.78 is 0. The van der Waals surface area contributed by atoms with Gasteiger partial charge in [-0.15, -0.1) is 0 Å². The van der Waals surface area contributed by atoms with Gasteiger partial charge in [-0.05, 0) is 19.1 Å². The van der Waals surface area contributed by atoms with E-state index in [0.29, 0.717) is 12.5 Å². The van der Waals surface area contributed by atoms with E-state index in [1.165, 1.54) is 0 Å². The highest BCUT2D eigenvalue weighted by atomic mass is 15.2. The molecule has 1 aromatic carbocycles. The highest BCUT2D eigenvalue weighted by Crippen LogP contribution is 2.09. The van der Waals surface area contributed by atoms with Gasteiger partial charge in [-0.25, -0.2) is 0 Å². The van der Waals surface area contributed by atoms with E-state index < -0.39 is 0 Å². The van der Waals surface area contributed by atoms with Crippen molar-refractivity contribution < 1.29 is 0 Å². The van der Waals surface area contributed by atoms with E-state index in [2.05, 4.69) is 4.99 Å². The van der Waals surface area contributed by atoms with E-state index in [1.54, 1.807) is 0 Å². The Morgan fingerprint density at radius 2 is 2.00 bits per heavy atom. The molecule has 0 aromatic heterocycles. The summed E-state index contributed by atoms with van der Waals surface area (Å²) in [6, 6.07) is 9.93. The van der Waals surface area contributed by atoms with E-state index in [9.17, 15) is 0 Å². The average Bonchev–Trinajstić information content (AvgIpc) is 2.18. The molecule has 0 bridgehead atoms. The van der Waals surface area contributed by atoms with Crippen LogP contribution in [-0.4, -0.2) is 19.6 Å². The fraction of sp³-hybridized carbons (Fsp3) is 0.300. The highest BCUT2D eigenvalue weighted by Gasteiger charge is 2.01. The lowest BCUT2D eigenvalue weighted by Gasteiger charge is -2.17. The Labute approximate surface area is 78.9 Å². The maximum absolute atomic E-state index is 5.74. The zero-order chi connectivity index (χ0) is 9.68. The minimum Gasteiger partial charge on any atom is -0.370 e. The summed E-state index contributed by atoms with van der Waals surface area (Å²) in [5.41, 5.74) is 6.79. The number of nitrogens with zero attached hydrogens (tertiary/aromatic N) is 2. The molecule has 1 rings (SSSR count). The Bertz CT molecular complexity index is 279. The van der Waals surface area contributed by atoms with E-state index in [-0.39, 0.29) is 0 Å². The molecule has 0 saturated heterocycles. The molecule has 0 heterocycles. The summed E-state index contributed by atoms with van der Waals surface area (Å²) in [6.45, 7) is 2.68. The number of nitrogens with two attached hydrogens (primary N) is 1. The van der Waals surface area contributed by atoms with Crippen LogP contribution in [0.5, 0.6) is 0 Å². The van der Waals surface area contributed by atoms with Crippen LogP contribution in [0.25, 0.3) is 0 Å². The summed E-state index contributed by atoms with van der Waals surface area (Å²) in [6.07, 6.45) is 0. The first kappa shape index (κ1) is 9.58. The number of aliphatic imine (C=N–C) groups is 1. The summed E-state index contributed by atoms with van der Waals surface area (Å²) in [5, 5.41) is 0. The maximum Gasteiger partial charge on any atom is 0.195 e. The van der Waals surface area contributed by atoms with Crippen molar-refractivity contribution in [2.24, 2.45) is 10.7 Å². The van der Waals surface area contributed by atoms with Gasteiger partial charge in [0.05, 0.1) is 0 Å². The van der Waals surface area contributed by atoms with E-state index in [0.717, 1.165) is 5.69 Å². The number of benzene rings is 1. The Morgan fingerprint density at radius 1 is 1.38 bits per heavy atom. The van der Waals surface area contributed by atoms with Crippen molar-refractivity contribution >= 4 is 11.6 Å². The largest absolute Gasteiger partial charge is 0.370 e. The van der Waals surface area contributed by atoms with Gasteiger partial charge in [-0.1, -0.05) is 18.2 Å². The Hall–Kier alpha value is -1.51. The fourth-order valence-corrected chi connectivity index (χ4v) is 1.05. The number of guanidine groups is 1. The molecule has 0 aliphatic heterocycles. The minimum atomic E-state index is 0.550. The predicted molar refractivity (Wildman–Crippen MR) is 57.0 cm³/mol. The SMILES string of the molecule is CCN=C(N)N(C)c1ccccc1. The van der Waals surface area contributed by atoms with Crippen LogP contribution in [0.4, 0.5) is 5.69 Å². The second-order valence-corrected chi connectivity index (χ2v) is 2.73. The van der Waals surface area contributed by atoms with Crippen molar-refractivity contribution in [2.45, 2.75) is 6.92 Å². The molecule has 0 spiro atoms. The van der Waals surface area contributed by atoms with Crippen molar-refractivity contribution in [3.05, 3.63) is 30.3 Å². The van der Waals surface area contributed by atoms with Gasteiger partial charge < -0.3 is 10.6 Å². The summed E-state index contributed by atoms with van der Waals surface area (Å²) >= 11 is 0. The summed E-state index contributed by atoms with van der Waals surface area (Å²) in [7, 11) is 1.91. The van der Waals surface area contributed by atoms with Gasteiger partial charge in [0.2, 0.25) is 0 Å². The van der Waals surface area contributed by atoms with Crippen LogP contribution in [0, 0.1) is 0 Å². The monoisotopic (exact) mass is 177 g/mol. The highest BCUT2D eigenvalue weighted by molar-refractivity contribution is 5.94. The first-order valence-corrected chi connectivity index (χ1v) is 4.34. The molecule has 0 unspecified atom stereocenters. The van der Waals surface area contributed by atoms with Crippen LogP contribution in [0.1, 0.15) is 6.92 Å². The van der Waals surface area contributed by atoms with E-state index >= 15 is 0 Å². The average molecular weight is 177 g/mol. The van der Waals surface area contributed by atoms with Crippen LogP contribution < -0.4 is 10.6 Å². The van der Waals surface area contributed by atoms with Gasteiger partial charge >= 0.3 is 0 Å². The van der Waals surface area contributed by atoms with Crippen LogP contribution in [0.2, 0.25) is 0 Å².